The van der Waals surface area contributed by atoms with E-state index in [-0.39, 0.29) is 4.90 Å². The molecule has 1 N–H and O–H groups in total. The van der Waals surface area contributed by atoms with Crippen molar-refractivity contribution in [2.75, 3.05) is 7.11 Å². The number of aryl methyl sites for hydroxylation is 1. The Morgan fingerprint density at radius 1 is 1.04 bits per heavy atom. The molecule has 2 aromatic rings. The lowest BCUT2D eigenvalue weighted by Gasteiger charge is -2.22. The molecule has 2 rings (SSSR count). The zero-order valence-electron chi connectivity index (χ0n) is 15.1. The van der Waals surface area contributed by atoms with E-state index in [1.165, 1.54) is 7.11 Å². The minimum absolute atomic E-state index is 0.207. The molecule has 0 fully saturated rings. The third-order valence-electron chi connectivity index (χ3n) is 3.48. The number of sulfonamides is 1. The van der Waals surface area contributed by atoms with Gasteiger partial charge in [0.1, 0.15) is 0 Å². The van der Waals surface area contributed by atoms with Crippen LogP contribution >= 0.6 is 0 Å². The molecule has 0 aliphatic heterocycles. The highest BCUT2D eigenvalue weighted by Crippen LogP contribution is 2.29. The molecule has 5 nitrogen and oxygen atoms in total. The molecule has 0 unspecified atom stereocenters. The van der Waals surface area contributed by atoms with E-state index in [1.807, 2.05) is 13.0 Å². The number of ether oxygens (including phenoxy) is 1. The fourth-order valence-corrected chi connectivity index (χ4v) is 4.10. The first kappa shape index (κ1) is 19.1. The summed E-state index contributed by atoms with van der Waals surface area (Å²) in [4.78, 5) is 11.8. The van der Waals surface area contributed by atoms with Crippen LogP contribution < -0.4 is 4.72 Å². The predicted octanol–water partition coefficient (Wildman–Crippen LogP) is 3.53. The van der Waals surface area contributed by atoms with Crippen molar-refractivity contribution < 1.29 is 17.9 Å². The maximum Gasteiger partial charge on any atom is 0.337 e. The SMILES string of the molecule is COC(=O)c1ccc(-c2cc(C)ccc2S(=O)(=O)NC(C)(C)C)cc1. The van der Waals surface area contributed by atoms with Crippen LogP contribution in [0.5, 0.6) is 0 Å². The first-order chi connectivity index (χ1) is 11.5. The Morgan fingerprint density at radius 2 is 1.64 bits per heavy atom. The minimum Gasteiger partial charge on any atom is -0.465 e. The second-order valence-corrected chi connectivity index (χ2v) is 8.57. The summed E-state index contributed by atoms with van der Waals surface area (Å²) in [6.45, 7) is 7.29. The Morgan fingerprint density at radius 3 is 2.16 bits per heavy atom. The minimum atomic E-state index is -3.69. The zero-order valence-corrected chi connectivity index (χ0v) is 15.9. The van der Waals surface area contributed by atoms with Gasteiger partial charge in [0.15, 0.2) is 0 Å². The summed E-state index contributed by atoms with van der Waals surface area (Å²) in [5.41, 5.74) is 2.08. The van der Waals surface area contributed by atoms with E-state index >= 15 is 0 Å². The molecule has 6 heteroatoms. The van der Waals surface area contributed by atoms with Crippen LogP contribution in [0.15, 0.2) is 47.4 Å². The molecule has 0 aliphatic carbocycles. The molecule has 0 radical (unpaired) electrons. The molecule has 134 valence electrons. The largest absolute Gasteiger partial charge is 0.465 e. The molecule has 2 aromatic carbocycles. The molecule has 0 aromatic heterocycles. The number of hydrogen-bond donors (Lipinski definition) is 1. The number of hydrogen-bond acceptors (Lipinski definition) is 4. The lowest BCUT2D eigenvalue weighted by Crippen LogP contribution is -2.40. The number of methoxy groups -OCH3 is 1. The Labute approximate surface area is 149 Å². The fourth-order valence-electron chi connectivity index (χ4n) is 2.47. The average Bonchev–Trinajstić information content (AvgIpc) is 2.51. The van der Waals surface area contributed by atoms with Crippen molar-refractivity contribution in [2.24, 2.45) is 0 Å². The van der Waals surface area contributed by atoms with Gasteiger partial charge in [-0.3, -0.25) is 0 Å². The fraction of sp³-hybridized carbons (Fsp3) is 0.316. The van der Waals surface area contributed by atoms with Crippen LogP contribution in [0.25, 0.3) is 11.1 Å². The lowest BCUT2D eigenvalue weighted by atomic mass is 10.0. The summed E-state index contributed by atoms with van der Waals surface area (Å²) < 4.78 is 32.9. The van der Waals surface area contributed by atoms with Crippen molar-refractivity contribution in [1.29, 1.82) is 0 Å². The van der Waals surface area contributed by atoms with Gasteiger partial charge in [0.05, 0.1) is 17.6 Å². The second-order valence-electron chi connectivity index (χ2n) is 6.92. The first-order valence-electron chi connectivity index (χ1n) is 7.87. The summed E-state index contributed by atoms with van der Waals surface area (Å²) in [5.74, 6) is -0.432. The highest BCUT2D eigenvalue weighted by atomic mass is 32.2. The molecule has 0 amide bonds. The van der Waals surface area contributed by atoms with E-state index in [0.717, 1.165) is 5.56 Å². The molecule has 0 saturated carbocycles. The number of rotatable bonds is 4. The van der Waals surface area contributed by atoms with Gasteiger partial charge in [-0.25, -0.2) is 17.9 Å². The summed E-state index contributed by atoms with van der Waals surface area (Å²) in [6.07, 6.45) is 0. The van der Waals surface area contributed by atoms with Gasteiger partial charge in [0.2, 0.25) is 10.0 Å². The van der Waals surface area contributed by atoms with Gasteiger partial charge in [0, 0.05) is 11.1 Å². The van der Waals surface area contributed by atoms with Crippen molar-refractivity contribution in [1.82, 2.24) is 4.72 Å². The Balaban J connectivity index is 2.55. The molecule has 25 heavy (non-hydrogen) atoms. The monoisotopic (exact) mass is 361 g/mol. The van der Waals surface area contributed by atoms with Gasteiger partial charge in [0.25, 0.3) is 0 Å². The normalized spacial score (nSPS) is 12.0. The first-order valence-corrected chi connectivity index (χ1v) is 9.35. The standard InChI is InChI=1S/C19H23NO4S/c1-13-6-11-17(25(22,23)20-19(2,3)4)16(12-13)14-7-9-15(10-8-14)18(21)24-5/h6-12,20H,1-5H3. The van der Waals surface area contributed by atoms with Gasteiger partial charge in [-0.1, -0.05) is 29.8 Å². The summed E-state index contributed by atoms with van der Waals surface area (Å²) >= 11 is 0. The van der Waals surface area contributed by atoms with Crippen LogP contribution in [-0.4, -0.2) is 27.0 Å². The number of carbonyl (C=O) groups is 1. The van der Waals surface area contributed by atoms with Gasteiger partial charge in [-0.05, 0) is 51.5 Å². The predicted molar refractivity (Wildman–Crippen MR) is 98.0 cm³/mol. The van der Waals surface area contributed by atoms with Gasteiger partial charge in [-0.15, -0.1) is 0 Å². The van der Waals surface area contributed by atoms with Crippen LogP contribution in [0, 0.1) is 6.92 Å². The smallest absolute Gasteiger partial charge is 0.337 e. The third kappa shape index (κ3) is 4.67. The summed E-state index contributed by atoms with van der Waals surface area (Å²) in [5, 5.41) is 0. The van der Waals surface area contributed by atoms with Crippen LogP contribution in [0.2, 0.25) is 0 Å². The highest BCUT2D eigenvalue weighted by molar-refractivity contribution is 7.89. The molecule has 0 atom stereocenters. The molecular weight excluding hydrogens is 338 g/mol. The van der Waals surface area contributed by atoms with Crippen molar-refractivity contribution in [3.05, 3.63) is 53.6 Å². The second kappa shape index (κ2) is 6.98. The quantitative estimate of drug-likeness (QED) is 0.846. The number of esters is 1. The van der Waals surface area contributed by atoms with Crippen molar-refractivity contribution in [3.63, 3.8) is 0 Å². The molecular formula is C19H23NO4S. The van der Waals surface area contributed by atoms with Gasteiger partial charge >= 0.3 is 5.97 Å². The van der Waals surface area contributed by atoms with E-state index < -0.39 is 21.5 Å². The van der Waals surface area contributed by atoms with Crippen LogP contribution in [0.4, 0.5) is 0 Å². The van der Waals surface area contributed by atoms with Crippen molar-refractivity contribution in [2.45, 2.75) is 38.1 Å². The van der Waals surface area contributed by atoms with Gasteiger partial charge < -0.3 is 4.74 Å². The Kier molecular flexibility index (Phi) is 5.34. The summed E-state index contributed by atoms with van der Waals surface area (Å²) in [6, 6.07) is 11.9. The lowest BCUT2D eigenvalue weighted by molar-refractivity contribution is 0.0600. The molecule has 0 heterocycles. The van der Waals surface area contributed by atoms with Crippen LogP contribution in [0.1, 0.15) is 36.7 Å². The van der Waals surface area contributed by atoms with E-state index in [0.29, 0.717) is 16.7 Å². The van der Waals surface area contributed by atoms with Crippen molar-refractivity contribution in [3.8, 4) is 11.1 Å². The maximum absolute atomic E-state index is 12.8. The molecule has 0 saturated heterocycles. The number of carbonyl (C=O) groups excluding carboxylic acids is 1. The van der Waals surface area contributed by atoms with Gasteiger partial charge in [-0.2, -0.15) is 0 Å². The summed E-state index contributed by atoms with van der Waals surface area (Å²) in [7, 11) is -2.37. The molecule has 0 bridgehead atoms. The molecule has 0 spiro atoms. The van der Waals surface area contributed by atoms with Crippen LogP contribution in [-0.2, 0) is 14.8 Å². The Hall–Kier alpha value is -2.18. The van der Waals surface area contributed by atoms with Crippen LogP contribution in [0.3, 0.4) is 0 Å². The number of nitrogens with one attached hydrogen (secondary N) is 1. The number of benzene rings is 2. The van der Waals surface area contributed by atoms with E-state index in [2.05, 4.69) is 9.46 Å². The van der Waals surface area contributed by atoms with E-state index in [9.17, 15) is 13.2 Å². The topological polar surface area (TPSA) is 72.5 Å². The van der Waals surface area contributed by atoms with Crippen molar-refractivity contribution >= 4 is 16.0 Å². The Bertz CT molecular complexity index is 879. The third-order valence-corrected chi connectivity index (χ3v) is 5.30. The molecule has 0 aliphatic rings. The van der Waals surface area contributed by atoms with E-state index in [1.54, 1.807) is 57.2 Å². The van der Waals surface area contributed by atoms with E-state index in [4.69, 9.17) is 0 Å². The average molecular weight is 361 g/mol. The maximum atomic E-state index is 12.8. The highest BCUT2D eigenvalue weighted by Gasteiger charge is 2.25. The zero-order chi connectivity index (χ0) is 18.8.